The fourth-order valence-electron chi connectivity index (χ4n) is 3.55. The van der Waals surface area contributed by atoms with Crippen LogP contribution in [0.3, 0.4) is 0 Å². The number of hydrogen-bond donors (Lipinski definition) is 1. The number of amidine groups is 2. The Morgan fingerprint density at radius 2 is 2.03 bits per heavy atom. The number of rotatable bonds is 5. The van der Waals surface area contributed by atoms with E-state index >= 15 is 0 Å². The van der Waals surface area contributed by atoms with E-state index < -0.39 is 5.91 Å². The Kier molecular flexibility index (Phi) is 5.42. The summed E-state index contributed by atoms with van der Waals surface area (Å²) >= 11 is 1.35. The van der Waals surface area contributed by atoms with Crippen LogP contribution in [0.5, 0.6) is 0 Å². The van der Waals surface area contributed by atoms with E-state index in [1.807, 2.05) is 19.9 Å². The Morgan fingerprint density at radius 1 is 1.27 bits per heavy atom. The van der Waals surface area contributed by atoms with Crippen molar-refractivity contribution in [1.82, 2.24) is 9.58 Å². The maximum atomic E-state index is 14.3. The van der Waals surface area contributed by atoms with Gasteiger partial charge in [-0.3, -0.25) is 10.2 Å². The van der Waals surface area contributed by atoms with Gasteiger partial charge in [-0.05, 0) is 68.3 Å². The molecular weight excluding hydrogens is 401 g/mol. The molecule has 2 aliphatic rings. The van der Waals surface area contributed by atoms with E-state index in [0.29, 0.717) is 10.9 Å². The first-order chi connectivity index (χ1) is 14.4. The summed E-state index contributed by atoms with van der Waals surface area (Å²) in [5.41, 5.74) is 2.98. The van der Waals surface area contributed by atoms with E-state index in [2.05, 4.69) is 17.0 Å². The molecule has 0 unspecified atom stereocenters. The van der Waals surface area contributed by atoms with Gasteiger partial charge in [0.25, 0.3) is 5.91 Å². The average Bonchev–Trinajstić information content (AvgIpc) is 3.24. The van der Waals surface area contributed by atoms with Gasteiger partial charge < -0.3 is 4.57 Å². The summed E-state index contributed by atoms with van der Waals surface area (Å²) in [6, 6.07) is 8.44. The van der Waals surface area contributed by atoms with Gasteiger partial charge in [0.2, 0.25) is 5.17 Å². The van der Waals surface area contributed by atoms with Crippen molar-refractivity contribution in [2.24, 2.45) is 10.1 Å². The van der Waals surface area contributed by atoms with Gasteiger partial charge in [-0.25, -0.2) is 4.39 Å². The number of unbranched alkanes of at least 4 members (excludes halogenated alkanes) is 1. The lowest BCUT2D eigenvalue weighted by molar-refractivity contribution is -0.114. The number of carbonyl (C=O) groups excluding carboxylic acids is 1. The highest BCUT2D eigenvalue weighted by Crippen LogP contribution is 2.31. The lowest BCUT2D eigenvalue weighted by Gasteiger charge is -2.20. The molecule has 154 valence electrons. The molecule has 30 heavy (non-hydrogen) atoms. The maximum absolute atomic E-state index is 14.3. The molecule has 0 fully saturated rings. The highest BCUT2D eigenvalue weighted by Gasteiger charge is 2.35. The molecule has 1 aromatic carbocycles. The van der Waals surface area contributed by atoms with Crippen LogP contribution in [0.15, 0.2) is 46.0 Å². The van der Waals surface area contributed by atoms with Crippen LogP contribution >= 0.6 is 11.8 Å². The number of aromatic nitrogens is 1. The molecule has 1 N–H and O–H groups in total. The van der Waals surface area contributed by atoms with Crippen LogP contribution in [0.25, 0.3) is 11.8 Å². The minimum atomic E-state index is -0.457. The first kappa shape index (κ1) is 20.3. The number of aliphatic imine (C=N–C) groups is 1. The van der Waals surface area contributed by atoms with Gasteiger partial charge in [-0.2, -0.15) is 15.1 Å². The Hall–Kier alpha value is -3.00. The predicted molar refractivity (Wildman–Crippen MR) is 120 cm³/mol. The third-order valence-electron chi connectivity index (χ3n) is 5.10. The van der Waals surface area contributed by atoms with Crippen LogP contribution in [-0.2, 0) is 4.79 Å². The quantitative estimate of drug-likeness (QED) is 0.685. The van der Waals surface area contributed by atoms with E-state index in [1.54, 1.807) is 28.8 Å². The van der Waals surface area contributed by atoms with E-state index in [4.69, 9.17) is 5.41 Å². The second kappa shape index (κ2) is 8.02. The van der Waals surface area contributed by atoms with Crippen molar-refractivity contribution in [2.75, 3.05) is 0 Å². The Morgan fingerprint density at radius 3 is 2.77 bits per heavy atom. The zero-order valence-corrected chi connectivity index (χ0v) is 17.9. The minimum Gasteiger partial charge on any atom is -0.315 e. The highest BCUT2D eigenvalue weighted by atomic mass is 32.2. The number of fused-ring (bicyclic) bond motifs is 1. The summed E-state index contributed by atoms with van der Waals surface area (Å²) in [6.07, 6.45) is 4.50. The van der Waals surface area contributed by atoms with Crippen LogP contribution in [-0.4, -0.2) is 31.5 Å². The number of benzene rings is 1. The molecule has 1 aromatic heterocycles. The van der Waals surface area contributed by atoms with Crippen molar-refractivity contribution >= 4 is 39.8 Å². The molecular formula is C22H22FN5OS. The number of hydrogen-bond acceptors (Lipinski definition) is 4. The fourth-order valence-corrected chi connectivity index (χ4v) is 4.48. The summed E-state index contributed by atoms with van der Waals surface area (Å²) in [5.74, 6) is -0.765. The van der Waals surface area contributed by atoms with Crippen LogP contribution < -0.4 is 0 Å². The minimum absolute atomic E-state index is 0.0136. The monoisotopic (exact) mass is 423 g/mol. The Balaban J connectivity index is 1.70. The summed E-state index contributed by atoms with van der Waals surface area (Å²) in [5, 5.41) is 15.7. The van der Waals surface area contributed by atoms with E-state index in [-0.39, 0.29) is 17.2 Å². The average molecular weight is 424 g/mol. The predicted octanol–water partition coefficient (Wildman–Crippen LogP) is 5.04. The number of thioether (sulfide) groups is 1. The molecule has 0 saturated heterocycles. The van der Waals surface area contributed by atoms with Gasteiger partial charge in [0.15, 0.2) is 5.84 Å². The number of halogens is 1. The molecule has 3 heterocycles. The van der Waals surface area contributed by atoms with Crippen LogP contribution in [0.1, 0.15) is 43.1 Å². The van der Waals surface area contributed by atoms with E-state index in [0.717, 1.165) is 41.3 Å². The first-order valence-corrected chi connectivity index (χ1v) is 10.6. The van der Waals surface area contributed by atoms with Crippen LogP contribution in [0.2, 0.25) is 0 Å². The molecule has 0 bridgehead atoms. The maximum Gasteiger partial charge on any atom is 0.283 e. The second-order valence-corrected chi connectivity index (χ2v) is 8.27. The fraction of sp³-hybridized carbons (Fsp3) is 0.273. The van der Waals surface area contributed by atoms with Crippen molar-refractivity contribution in [3.8, 4) is 5.69 Å². The van der Waals surface area contributed by atoms with Gasteiger partial charge in [0.1, 0.15) is 10.9 Å². The van der Waals surface area contributed by atoms with Gasteiger partial charge in [-0.1, -0.05) is 25.5 Å². The molecule has 0 spiro atoms. The topological polar surface area (TPSA) is 73.8 Å². The molecule has 0 aliphatic carbocycles. The number of nitrogens with one attached hydrogen (secondary N) is 1. The Bertz CT molecular complexity index is 1140. The molecule has 6 nitrogen and oxygen atoms in total. The van der Waals surface area contributed by atoms with Gasteiger partial charge in [0, 0.05) is 11.4 Å². The number of amides is 1. The summed E-state index contributed by atoms with van der Waals surface area (Å²) in [7, 11) is 0. The third kappa shape index (κ3) is 3.52. The van der Waals surface area contributed by atoms with Crippen molar-refractivity contribution in [3.05, 3.63) is 58.7 Å². The van der Waals surface area contributed by atoms with Crippen molar-refractivity contribution in [3.63, 3.8) is 0 Å². The molecule has 8 heteroatoms. The number of aryl methyl sites for hydroxylation is 1. The molecule has 0 saturated carbocycles. The van der Waals surface area contributed by atoms with E-state index in [1.165, 1.54) is 22.8 Å². The largest absolute Gasteiger partial charge is 0.315 e. The number of nitrogens with zero attached hydrogens (tertiary/aromatic N) is 4. The lowest BCUT2D eigenvalue weighted by Crippen LogP contribution is -2.35. The van der Waals surface area contributed by atoms with Gasteiger partial charge >= 0.3 is 0 Å². The SMILES string of the molecule is CCCCC1=NN2C(=N)C(=Cc3cc(C)n(-c4ccccc4F)c3C)C(=O)N=C2S1. The zero-order valence-electron chi connectivity index (χ0n) is 17.1. The first-order valence-electron chi connectivity index (χ1n) is 9.83. The highest BCUT2D eigenvalue weighted by molar-refractivity contribution is 8.26. The summed E-state index contributed by atoms with van der Waals surface area (Å²) < 4.78 is 16.1. The number of para-hydroxylation sites is 1. The second-order valence-electron chi connectivity index (χ2n) is 7.23. The zero-order chi connectivity index (χ0) is 21.4. The van der Waals surface area contributed by atoms with Gasteiger partial charge in [-0.15, -0.1) is 0 Å². The summed E-state index contributed by atoms with van der Waals surface area (Å²) in [6.45, 7) is 5.85. The van der Waals surface area contributed by atoms with Gasteiger partial charge in [0.05, 0.1) is 11.3 Å². The third-order valence-corrected chi connectivity index (χ3v) is 6.07. The molecule has 2 aromatic rings. The van der Waals surface area contributed by atoms with E-state index in [9.17, 15) is 9.18 Å². The lowest BCUT2D eigenvalue weighted by atomic mass is 10.1. The van der Waals surface area contributed by atoms with Crippen molar-refractivity contribution < 1.29 is 9.18 Å². The molecule has 0 radical (unpaired) electrons. The summed E-state index contributed by atoms with van der Waals surface area (Å²) in [4.78, 5) is 16.8. The number of hydrazone groups is 1. The Labute approximate surface area is 178 Å². The van der Waals surface area contributed by atoms with Crippen molar-refractivity contribution in [2.45, 2.75) is 40.0 Å². The number of carbonyl (C=O) groups is 1. The van der Waals surface area contributed by atoms with Crippen LogP contribution in [0, 0.1) is 25.1 Å². The van der Waals surface area contributed by atoms with Crippen molar-refractivity contribution in [1.29, 1.82) is 5.41 Å². The standard InChI is InChI=1S/C22H22FN5OS/c1-4-5-10-19-26-28-20(24)16(21(29)25-22(28)30-19)12-15-11-13(2)27(14(15)3)18-9-7-6-8-17(18)23/h6-9,11-12,24H,4-5,10H2,1-3H3. The molecule has 1 amide bonds. The smallest absolute Gasteiger partial charge is 0.283 e. The molecule has 4 rings (SSSR count). The molecule has 2 aliphatic heterocycles. The molecule has 0 atom stereocenters. The van der Waals surface area contributed by atoms with Crippen LogP contribution in [0.4, 0.5) is 4.39 Å². The normalized spacial score (nSPS) is 17.5.